The van der Waals surface area contributed by atoms with Crippen molar-refractivity contribution in [3.63, 3.8) is 0 Å². The highest BCUT2D eigenvalue weighted by Gasteiger charge is 2.44. The summed E-state index contributed by atoms with van der Waals surface area (Å²) in [7, 11) is 6.04. The van der Waals surface area contributed by atoms with Crippen molar-refractivity contribution in [2.24, 2.45) is 0 Å². The Hall–Kier alpha value is -2.56. The van der Waals surface area contributed by atoms with Gasteiger partial charge in [-0.2, -0.15) is 0 Å². The Morgan fingerprint density at radius 1 is 0.833 bits per heavy atom. The van der Waals surface area contributed by atoms with E-state index in [1.807, 2.05) is 39.3 Å². The second-order valence-corrected chi connectivity index (χ2v) is 10.2. The van der Waals surface area contributed by atoms with Gasteiger partial charge in [-0.1, -0.05) is 55.1 Å². The van der Waals surface area contributed by atoms with Gasteiger partial charge in [-0.15, -0.1) is 0 Å². The zero-order valence-electron chi connectivity index (χ0n) is 21.0. The van der Waals surface area contributed by atoms with Crippen LogP contribution in [-0.2, 0) is 11.2 Å². The zero-order valence-corrected chi connectivity index (χ0v) is 21.0. The molecule has 36 heavy (non-hydrogen) atoms. The summed E-state index contributed by atoms with van der Waals surface area (Å²) in [6.45, 7) is 0.239. The molecule has 5 N–H and O–H groups in total. The lowest BCUT2D eigenvalue weighted by Gasteiger charge is -2.40. The monoisotopic (exact) mass is 499 g/mol. The number of hydrogen-bond acceptors (Lipinski definition) is 7. The summed E-state index contributed by atoms with van der Waals surface area (Å²) in [6.07, 6.45) is -5.84. The average Bonchev–Trinajstić information content (AvgIpc) is 3.06. The molecule has 0 saturated carbocycles. The highest BCUT2D eigenvalue weighted by molar-refractivity contribution is 5.68. The van der Waals surface area contributed by atoms with Crippen molar-refractivity contribution < 1.29 is 39.9 Å². The molecule has 0 unspecified atom stereocenters. The van der Waals surface area contributed by atoms with Gasteiger partial charge < -0.3 is 39.9 Å². The molecule has 5 atom stereocenters. The van der Waals surface area contributed by atoms with Gasteiger partial charge in [-0.25, -0.2) is 0 Å². The second-order valence-electron chi connectivity index (χ2n) is 10.2. The van der Waals surface area contributed by atoms with Crippen LogP contribution >= 0.6 is 0 Å². The quantitative estimate of drug-likeness (QED) is 0.315. The third kappa shape index (κ3) is 7.02. The molecule has 1 fully saturated rings. The molecule has 1 aliphatic heterocycles. The number of ether oxygens (including phenoxy) is 1. The largest absolute Gasteiger partial charge is 0.850 e. The van der Waals surface area contributed by atoms with Gasteiger partial charge in [0, 0.05) is 5.56 Å². The number of phenols is 1. The number of aliphatic hydroxyl groups excluding tert-OH is 4. The van der Waals surface area contributed by atoms with Gasteiger partial charge in [0.05, 0.1) is 34.3 Å². The number of hydrogen-bond donors (Lipinski definition) is 5. The van der Waals surface area contributed by atoms with Crippen LogP contribution in [0.4, 0.5) is 0 Å². The fraction of sp³-hybridized carbons (Fsp3) is 0.429. The Kier molecular flexibility index (Phi) is 9.43. The number of benzene rings is 1. The van der Waals surface area contributed by atoms with E-state index in [0.29, 0.717) is 12.0 Å². The first kappa shape index (κ1) is 28.0. The van der Waals surface area contributed by atoms with E-state index in [9.17, 15) is 30.6 Å². The number of likely N-dealkylation sites (N-methyl/N-ethyl adjacent to an activating group) is 1. The van der Waals surface area contributed by atoms with Crippen LogP contribution in [0.1, 0.15) is 22.8 Å². The highest BCUT2D eigenvalue weighted by Crippen LogP contribution is 2.37. The molecule has 0 aromatic heterocycles. The molecule has 0 spiro atoms. The fourth-order valence-corrected chi connectivity index (χ4v) is 4.19. The summed E-state index contributed by atoms with van der Waals surface area (Å²) in [5, 5.41) is 60.0. The van der Waals surface area contributed by atoms with Crippen molar-refractivity contribution in [2.45, 2.75) is 36.9 Å². The van der Waals surface area contributed by atoms with E-state index in [4.69, 9.17) is 4.74 Å². The van der Waals surface area contributed by atoms with Crippen molar-refractivity contribution in [2.75, 3.05) is 40.9 Å². The zero-order chi connectivity index (χ0) is 26.5. The molecule has 8 nitrogen and oxygen atoms in total. The van der Waals surface area contributed by atoms with Crippen molar-refractivity contribution in [3.8, 4) is 16.9 Å². The van der Waals surface area contributed by atoms with Gasteiger partial charge in [-0.3, -0.25) is 0 Å². The maximum absolute atomic E-state index is 10.4. The Bertz CT molecular complexity index is 1050. The minimum absolute atomic E-state index is 0.0312. The van der Waals surface area contributed by atoms with Crippen LogP contribution in [0.15, 0.2) is 60.7 Å². The molecule has 196 valence electrons. The lowest BCUT2D eigenvalue weighted by molar-refractivity contribution is -0.875. The van der Waals surface area contributed by atoms with Gasteiger partial charge >= 0.3 is 0 Å². The third-order valence-electron chi connectivity index (χ3n) is 6.25. The Balaban J connectivity index is 0.000000454. The third-order valence-corrected chi connectivity index (χ3v) is 6.25. The Labute approximate surface area is 212 Å². The summed E-state index contributed by atoms with van der Waals surface area (Å²) in [4.78, 5) is 0. The Morgan fingerprint density at radius 3 is 2.00 bits per heavy atom. The maximum atomic E-state index is 10.4. The molecule has 0 amide bonds. The van der Waals surface area contributed by atoms with Crippen LogP contribution in [-0.4, -0.2) is 95.3 Å². The van der Waals surface area contributed by atoms with Gasteiger partial charge in [0.1, 0.15) is 36.3 Å². The second kappa shape index (κ2) is 12.1. The topological polar surface area (TPSA) is 133 Å². The van der Waals surface area contributed by atoms with Crippen LogP contribution < -0.4 is 5.11 Å². The number of nitrogens with zero attached hydrogens (tertiary/aromatic N) is 1. The van der Waals surface area contributed by atoms with Crippen LogP contribution in [0.25, 0.3) is 11.1 Å². The van der Waals surface area contributed by atoms with E-state index >= 15 is 0 Å². The minimum atomic E-state index is -1.49. The molecule has 8 heteroatoms. The van der Waals surface area contributed by atoms with E-state index in [0.717, 1.165) is 33.3 Å². The van der Waals surface area contributed by atoms with Gasteiger partial charge in [0.25, 0.3) is 0 Å². The van der Waals surface area contributed by atoms with E-state index in [2.05, 4.69) is 24.3 Å². The lowest BCUT2D eigenvalue weighted by Crippen LogP contribution is -2.55. The van der Waals surface area contributed by atoms with Gasteiger partial charge in [0.2, 0.25) is 0 Å². The standard InChI is InChI=1S/C23H24O6.C5H13NO/c24-12-19-20(26)21(27)22(28)23(29-19)17-11-13(6-7-18(17)25)8-14-9-15-4-2-1-3-5-16(15)10-14;1-6(2,3)4-5-7/h1-7,9-11,19-28H,8,12H2;4-5H2,1-3H3/t19-,20-,21+,22-,23+;/m1./s1. The molecule has 4 rings (SSSR count). The molecule has 1 saturated heterocycles. The number of phenolic OH excluding ortho intramolecular Hbond substituents is 1. The first-order valence-electron chi connectivity index (χ1n) is 12.0. The highest BCUT2D eigenvalue weighted by atomic mass is 16.5. The molecule has 0 bridgehead atoms. The molecule has 1 aromatic carbocycles. The smallest absolute Gasteiger partial charge is 0.121 e. The summed E-state index contributed by atoms with van der Waals surface area (Å²) in [5.41, 5.74) is 4.59. The minimum Gasteiger partial charge on any atom is -0.850 e. The molecule has 1 heterocycles. The van der Waals surface area contributed by atoms with Crippen molar-refractivity contribution in [1.82, 2.24) is 0 Å². The fourth-order valence-electron chi connectivity index (χ4n) is 4.19. The van der Waals surface area contributed by atoms with E-state index in [1.54, 1.807) is 12.1 Å². The van der Waals surface area contributed by atoms with Crippen LogP contribution in [0, 0.1) is 0 Å². The maximum Gasteiger partial charge on any atom is 0.121 e. The lowest BCUT2D eigenvalue weighted by atomic mass is 9.89. The van der Waals surface area contributed by atoms with Crippen LogP contribution in [0.3, 0.4) is 0 Å². The van der Waals surface area contributed by atoms with Crippen molar-refractivity contribution in [1.29, 1.82) is 0 Å². The van der Waals surface area contributed by atoms with Crippen molar-refractivity contribution in [3.05, 3.63) is 77.4 Å². The summed E-state index contributed by atoms with van der Waals surface area (Å²) < 4.78 is 6.37. The van der Waals surface area contributed by atoms with Crippen LogP contribution in [0.2, 0.25) is 0 Å². The number of quaternary nitrogens is 1. The molecule has 3 aliphatic rings. The average molecular weight is 500 g/mol. The summed E-state index contributed by atoms with van der Waals surface area (Å²) >= 11 is 0. The first-order chi connectivity index (χ1) is 17.0. The summed E-state index contributed by atoms with van der Waals surface area (Å²) in [5.74, 6) is -0.0854. The van der Waals surface area contributed by atoms with E-state index in [1.165, 1.54) is 6.07 Å². The van der Waals surface area contributed by atoms with Gasteiger partial charge in [-0.05, 0) is 40.8 Å². The van der Waals surface area contributed by atoms with Crippen LogP contribution in [0.5, 0.6) is 5.75 Å². The predicted molar refractivity (Wildman–Crippen MR) is 134 cm³/mol. The number of aliphatic hydroxyl groups is 4. The SMILES string of the molecule is C[N+](C)(C)CC[O-].OC[C@H]1O[C@@H](c2cc(Cc3cc4cccccc-4c3)ccc2O)[C@H](O)[C@@H](O)[C@@H]1O. The molecule has 0 radical (unpaired) electrons. The molecule has 1 aromatic rings. The first-order valence-corrected chi connectivity index (χ1v) is 12.0. The van der Waals surface area contributed by atoms with Crippen molar-refractivity contribution >= 4 is 0 Å². The van der Waals surface area contributed by atoms with E-state index in [-0.39, 0.29) is 12.4 Å². The Morgan fingerprint density at radius 2 is 1.47 bits per heavy atom. The van der Waals surface area contributed by atoms with E-state index < -0.39 is 37.1 Å². The molecule has 2 aliphatic carbocycles. The summed E-state index contributed by atoms with van der Waals surface area (Å²) in [6, 6.07) is 19.3. The molecular weight excluding hydrogens is 462 g/mol. The number of aromatic hydroxyl groups is 1. The number of fused-ring (bicyclic) bond motifs is 1. The van der Waals surface area contributed by atoms with Gasteiger partial charge in [0.15, 0.2) is 0 Å². The molecular formula is C28H37NO7. The normalized spacial score (nSPS) is 24.3. The number of rotatable bonds is 6. The predicted octanol–water partition coefficient (Wildman–Crippen LogP) is 0.656.